The van der Waals surface area contributed by atoms with Crippen LogP contribution in [0.4, 0.5) is 4.79 Å². The van der Waals surface area contributed by atoms with Crippen LogP contribution in [-0.4, -0.2) is 66.3 Å². The molecule has 1 aliphatic heterocycles. The van der Waals surface area contributed by atoms with Crippen molar-refractivity contribution in [2.45, 2.75) is 0 Å². The van der Waals surface area contributed by atoms with Gasteiger partial charge in [-0.3, -0.25) is 9.69 Å². The van der Waals surface area contributed by atoms with Gasteiger partial charge in [-0.2, -0.15) is 0 Å². The van der Waals surface area contributed by atoms with E-state index < -0.39 is 6.09 Å². The van der Waals surface area contributed by atoms with E-state index in [1.54, 1.807) is 11.0 Å². The molecule has 0 aromatic carbocycles. The third-order valence-electron chi connectivity index (χ3n) is 2.22. The van der Waals surface area contributed by atoms with Gasteiger partial charge in [-0.15, -0.1) is 6.58 Å². The van der Waals surface area contributed by atoms with Gasteiger partial charge >= 0.3 is 6.09 Å². The molecule has 0 spiro atoms. The number of aliphatic hydroxyl groups excluding tert-OH is 1. The highest BCUT2D eigenvalue weighted by atomic mass is 16.6. The van der Waals surface area contributed by atoms with Crippen molar-refractivity contribution in [3.05, 3.63) is 12.7 Å². The number of rotatable bonds is 6. The first-order valence-corrected chi connectivity index (χ1v) is 5.10. The number of nitrogens with zero attached hydrogens (tertiary/aromatic N) is 2. The highest BCUT2D eigenvalue weighted by Crippen LogP contribution is 2.04. The van der Waals surface area contributed by atoms with Gasteiger partial charge in [0, 0.05) is 13.1 Å². The van der Waals surface area contributed by atoms with Crippen molar-refractivity contribution < 1.29 is 19.4 Å². The van der Waals surface area contributed by atoms with E-state index in [9.17, 15) is 9.59 Å². The second-order valence-electron chi connectivity index (χ2n) is 3.41. The summed E-state index contributed by atoms with van der Waals surface area (Å²) in [4.78, 5) is 25.6. The van der Waals surface area contributed by atoms with Crippen molar-refractivity contribution in [2.75, 3.05) is 39.4 Å². The summed E-state index contributed by atoms with van der Waals surface area (Å²) in [7, 11) is 0. The largest absolute Gasteiger partial charge is 0.447 e. The van der Waals surface area contributed by atoms with Gasteiger partial charge in [0.2, 0.25) is 5.91 Å². The zero-order chi connectivity index (χ0) is 12.0. The third kappa shape index (κ3) is 3.32. The molecule has 0 atom stereocenters. The Balaban J connectivity index is 2.46. The van der Waals surface area contributed by atoms with Crippen LogP contribution in [0.25, 0.3) is 0 Å². The van der Waals surface area contributed by atoms with Gasteiger partial charge in [0.1, 0.15) is 6.61 Å². The molecule has 1 rings (SSSR count). The van der Waals surface area contributed by atoms with Gasteiger partial charge in [0.15, 0.2) is 0 Å². The summed E-state index contributed by atoms with van der Waals surface area (Å²) >= 11 is 0. The Labute approximate surface area is 94.1 Å². The van der Waals surface area contributed by atoms with Crippen LogP contribution in [0.5, 0.6) is 0 Å². The number of imide groups is 1. The minimum atomic E-state index is -0.590. The summed E-state index contributed by atoms with van der Waals surface area (Å²) in [5.74, 6) is -0.308. The topological polar surface area (TPSA) is 70.1 Å². The van der Waals surface area contributed by atoms with Crippen LogP contribution in [0, 0.1) is 0 Å². The fraction of sp³-hybridized carbons (Fsp3) is 0.600. The van der Waals surface area contributed by atoms with Gasteiger partial charge in [0.05, 0.1) is 19.7 Å². The van der Waals surface area contributed by atoms with E-state index in [1.807, 2.05) is 0 Å². The predicted octanol–water partition coefficient (Wildman–Crippen LogP) is -0.554. The van der Waals surface area contributed by atoms with Crippen molar-refractivity contribution in [1.29, 1.82) is 0 Å². The number of cyclic esters (lactones) is 1. The van der Waals surface area contributed by atoms with Crippen LogP contribution in [0.1, 0.15) is 0 Å². The molecule has 1 N–H and O–H groups in total. The van der Waals surface area contributed by atoms with Crippen molar-refractivity contribution in [3.8, 4) is 0 Å². The SMILES string of the molecule is C=CCN(CCO)CC(=O)N1CCOC1=O. The zero-order valence-corrected chi connectivity index (χ0v) is 9.09. The minimum Gasteiger partial charge on any atom is -0.447 e. The molecule has 0 radical (unpaired) electrons. The van der Waals surface area contributed by atoms with E-state index in [4.69, 9.17) is 5.11 Å². The molecule has 0 saturated carbocycles. The van der Waals surface area contributed by atoms with Crippen LogP contribution < -0.4 is 0 Å². The first-order valence-electron chi connectivity index (χ1n) is 5.10. The summed E-state index contributed by atoms with van der Waals surface area (Å²) in [6.45, 7) is 5.04. The molecule has 0 aromatic rings. The zero-order valence-electron chi connectivity index (χ0n) is 9.09. The maximum atomic E-state index is 11.7. The van der Waals surface area contributed by atoms with Crippen LogP contribution in [0.15, 0.2) is 12.7 Å². The van der Waals surface area contributed by atoms with E-state index in [1.165, 1.54) is 0 Å². The maximum absolute atomic E-state index is 11.7. The van der Waals surface area contributed by atoms with Crippen LogP contribution >= 0.6 is 0 Å². The summed E-state index contributed by atoms with van der Waals surface area (Å²) in [5.41, 5.74) is 0. The number of carbonyl (C=O) groups excluding carboxylic acids is 2. The molecule has 0 aromatic heterocycles. The molecule has 16 heavy (non-hydrogen) atoms. The first-order chi connectivity index (χ1) is 7.69. The molecule has 1 saturated heterocycles. The summed E-state index contributed by atoms with van der Waals surface area (Å²) in [6.07, 6.45) is 1.05. The number of ether oxygens (including phenoxy) is 1. The third-order valence-corrected chi connectivity index (χ3v) is 2.22. The van der Waals surface area contributed by atoms with Crippen molar-refractivity contribution >= 4 is 12.0 Å². The standard InChI is InChI=1S/C10H16N2O4/c1-2-3-11(4-6-13)8-9(14)12-5-7-16-10(12)15/h2,13H,1,3-8H2. The second kappa shape index (κ2) is 6.24. The molecule has 6 heteroatoms. The Morgan fingerprint density at radius 1 is 1.69 bits per heavy atom. The number of hydrogen-bond acceptors (Lipinski definition) is 5. The van der Waals surface area contributed by atoms with Crippen molar-refractivity contribution in [1.82, 2.24) is 9.80 Å². The first kappa shape index (κ1) is 12.7. The van der Waals surface area contributed by atoms with Crippen LogP contribution in [-0.2, 0) is 9.53 Å². The van der Waals surface area contributed by atoms with Gasteiger partial charge in [-0.05, 0) is 0 Å². The Hall–Kier alpha value is -1.40. The number of hydrogen-bond donors (Lipinski definition) is 1. The number of amides is 2. The lowest BCUT2D eigenvalue weighted by Crippen LogP contribution is -2.41. The average molecular weight is 228 g/mol. The summed E-state index contributed by atoms with van der Waals surface area (Å²) in [6, 6.07) is 0. The molecule has 6 nitrogen and oxygen atoms in total. The van der Waals surface area contributed by atoms with E-state index in [0.717, 1.165) is 4.90 Å². The average Bonchev–Trinajstić information content (AvgIpc) is 2.65. The normalized spacial score (nSPS) is 15.4. The fourth-order valence-corrected chi connectivity index (χ4v) is 1.46. The van der Waals surface area contributed by atoms with Gasteiger partial charge in [0.25, 0.3) is 0 Å². The lowest BCUT2D eigenvalue weighted by Gasteiger charge is -2.20. The lowest BCUT2D eigenvalue weighted by molar-refractivity contribution is -0.128. The second-order valence-corrected chi connectivity index (χ2v) is 3.41. The molecule has 2 amide bonds. The highest BCUT2D eigenvalue weighted by molar-refractivity contribution is 5.94. The Kier molecular flexibility index (Phi) is 4.94. The highest BCUT2D eigenvalue weighted by Gasteiger charge is 2.28. The quantitative estimate of drug-likeness (QED) is 0.617. The summed E-state index contributed by atoms with van der Waals surface area (Å²) < 4.78 is 4.67. The monoisotopic (exact) mass is 228 g/mol. The molecule has 0 unspecified atom stereocenters. The van der Waals surface area contributed by atoms with E-state index >= 15 is 0 Å². The smallest absolute Gasteiger partial charge is 0.416 e. The molecule has 0 bridgehead atoms. The van der Waals surface area contributed by atoms with Crippen molar-refractivity contribution in [2.24, 2.45) is 0 Å². The lowest BCUT2D eigenvalue weighted by atomic mass is 10.4. The molecule has 1 heterocycles. The molecular weight excluding hydrogens is 212 g/mol. The van der Waals surface area contributed by atoms with E-state index in [2.05, 4.69) is 11.3 Å². The molecule has 1 aliphatic rings. The molecule has 0 aliphatic carbocycles. The van der Waals surface area contributed by atoms with Crippen LogP contribution in [0.3, 0.4) is 0 Å². The van der Waals surface area contributed by atoms with Crippen molar-refractivity contribution in [3.63, 3.8) is 0 Å². The van der Waals surface area contributed by atoms with Crippen LogP contribution in [0.2, 0.25) is 0 Å². The Morgan fingerprint density at radius 2 is 2.44 bits per heavy atom. The van der Waals surface area contributed by atoms with Gasteiger partial charge in [-0.1, -0.05) is 6.08 Å². The van der Waals surface area contributed by atoms with E-state index in [-0.39, 0.29) is 25.7 Å². The molecule has 90 valence electrons. The Bertz CT molecular complexity index is 280. The molecular formula is C10H16N2O4. The predicted molar refractivity (Wildman–Crippen MR) is 56.8 cm³/mol. The molecule has 1 fully saturated rings. The number of carbonyl (C=O) groups is 2. The summed E-state index contributed by atoms with van der Waals surface area (Å²) in [5, 5.41) is 8.80. The number of aliphatic hydroxyl groups is 1. The Morgan fingerprint density at radius 3 is 2.94 bits per heavy atom. The van der Waals surface area contributed by atoms with Gasteiger partial charge < -0.3 is 9.84 Å². The van der Waals surface area contributed by atoms with E-state index in [0.29, 0.717) is 19.6 Å². The maximum Gasteiger partial charge on any atom is 0.416 e. The van der Waals surface area contributed by atoms with Gasteiger partial charge in [-0.25, -0.2) is 9.69 Å². The minimum absolute atomic E-state index is 0.0361. The fourth-order valence-electron chi connectivity index (χ4n) is 1.46.